The van der Waals surface area contributed by atoms with E-state index in [0.29, 0.717) is 61.0 Å². The molecular formula is C28H34N12O5. The number of anilines is 3. The first-order valence-corrected chi connectivity index (χ1v) is 14.5. The van der Waals surface area contributed by atoms with E-state index in [-0.39, 0.29) is 13.0 Å². The lowest BCUT2D eigenvalue weighted by Gasteiger charge is -2.26. The fourth-order valence-corrected chi connectivity index (χ4v) is 5.31. The molecule has 5 aromatic rings. The number of nitrogens with two attached hydrogens (primary N) is 1. The predicted octanol–water partition coefficient (Wildman–Crippen LogP) is 0.118. The average Bonchev–Trinajstić information content (AvgIpc) is 3.79. The number of nitrogens with one attached hydrogen (secondary N) is 3. The highest BCUT2D eigenvalue weighted by atomic mass is 16.5. The lowest BCUT2D eigenvalue weighted by molar-refractivity contribution is -0.138. The van der Waals surface area contributed by atoms with Crippen LogP contribution in [0.3, 0.4) is 0 Å². The summed E-state index contributed by atoms with van der Waals surface area (Å²) in [5.41, 5.74) is 9.90. The number of imidazole rings is 2. The number of aliphatic hydroxyl groups is 2. The van der Waals surface area contributed by atoms with E-state index < -0.39 is 30.4 Å². The molecular weight excluding hydrogens is 584 g/mol. The Morgan fingerprint density at radius 1 is 1.07 bits per heavy atom. The van der Waals surface area contributed by atoms with Crippen molar-refractivity contribution in [2.45, 2.75) is 37.3 Å². The topological polar surface area (TPSA) is 238 Å². The molecule has 4 aromatic heterocycles. The minimum atomic E-state index is -1.04. The van der Waals surface area contributed by atoms with Gasteiger partial charge in [0.05, 0.1) is 25.4 Å². The molecule has 0 spiro atoms. The first kappa shape index (κ1) is 30.1. The van der Waals surface area contributed by atoms with Crippen LogP contribution < -0.4 is 21.3 Å². The average molecular weight is 619 g/mol. The van der Waals surface area contributed by atoms with Crippen LogP contribution in [0.2, 0.25) is 0 Å². The van der Waals surface area contributed by atoms with E-state index in [1.54, 1.807) is 17.2 Å². The molecule has 1 aliphatic rings. The smallest absolute Gasteiger partial charge is 0.320 e. The van der Waals surface area contributed by atoms with Crippen LogP contribution in [0, 0.1) is 0 Å². The van der Waals surface area contributed by atoms with Gasteiger partial charge in [0.1, 0.15) is 36.5 Å². The van der Waals surface area contributed by atoms with Gasteiger partial charge in [0.25, 0.3) is 0 Å². The number of aliphatic hydroxyl groups excluding tert-OH is 2. The molecule has 17 heteroatoms. The van der Waals surface area contributed by atoms with Crippen molar-refractivity contribution in [3.8, 4) is 0 Å². The summed E-state index contributed by atoms with van der Waals surface area (Å²) >= 11 is 0. The third kappa shape index (κ3) is 6.60. The zero-order valence-electron chi connectivity index (χ0n) is 24.2. The van der Waals surface area contributed by atoms with Gasteiger partial charge in [-0.15, -0.1) is 0 Å². The minimum Gasteiger partial charge on any atom is -0.480 e. The Labute approximate surface area is 256 Å². The summed E-state index contributed by atoms with van der Waals surface area (Å²) in [6.07, 6.45) is 4.68. The standard InChI is InChI=1S/C28H34N12O5/c29-18(28(43)44)9-16-1-3-17(4-2-16)39(7-5-30-24-22-25(33-12-32-22)35-13-34-24)8-6-31-26-23-27(37-14-36-26)40(15-38-23)21-10-19(42)20(11-41)45-21/h1-4,12-15,18-21,41-42H,5-11,29H2,(H,43,44)(H,31,36,37)(H2,30,32,33,34,35)/t18-,19-,20+,21+/m0/s1. The van der Waals surface area contributed by atoms with E-state index in [1.807, 2.05) is 24.3 Å². The van der Waals surface area contributed by atoms with E-state index >= 15 is 0 Å². The number of ether oxygens (including phenoxy) is 1. The Kier molecular flexibility index (Phi) is 8.92. The van der Waals surface area contributed by atoms with Gasteiger partial charge in [-0.3, -0.25) is 9.36 Å². The quantitative estimate of drug-likeness (QED) is 0.0874. The largest absolute Gasteiger partial charge is 0.480 e. The molecule has 236 valence electrons. The van der Waals surface area contributed by atoms with Gasteiger partial charge in [-0.2, -0.15) is 0 Å². The third-order valence-electron chi connectivity index (χ3n) is 7.70. The van der Waals surface area contributed by atoms with Crippen LogP contribution >= 0.6 is 0 Å². The van der Waals surface area contributed by atoms with Gasteiger partial charge >= 0.3 is 5.97 Å². The summed E-state index contributed by atoms with van der Waals surface area (Å²) in [5.74, 6) is 0.159. The first-order chi connectivity index (χ1) is 21.9. The van der Waals surface area contributed by atoms with Gasteiger partial charge in [-0.05, 0) is 24.1 Å². The molecule has 1 aromatic carbocycles. The summed E-state index contributed by atoms with van der Waals surface area (Å²) in [7, 11) is 0. The van der Waals surface area contributed by atoms with Crippen LogP contribution in [0.1, 0.15) is 18.2 Å². The highest BCUT2D eigenvalue weighted by Crippen LogP contribution is 2.31. The number of rotatable bonds is 14. The maximum Gasteiger partial charge on any atom is 0.320 e. The molecule has 1 aliphatic heterocycles. The number of aliphatic carboxylic acids is 1. The van der Waals surface area contributed by atoms with Crippen LogP contribution in [0.5, 0.6) is 0 Å². The van der Waals surface area contributed by atoms with E-state index in [0.717, 1.165) is 16.8 Å². The number of benzene rings is 1. The van der Waals surface area contributed by atoms with Crippen molar-refractivity contribution >= 4 is 45.6 Å². The number of aromatic amines is 1. The lowest BCUT2D eigenvalue weighted by atomic mass is 10.1. The van der Waals surface area contributed by atoms with Gasteiger partial charge in [0.15, 0.2) is 28.4 Å². The summed E-state index contributed by atoms with van der Waals surface area (Å²) < 4.78 is 7.52. The molecule has 0 bridgehead atoms. The predicted molar refractivity (Wildman–Crippen MR) is 164 cm³/mol. The van der Waals surface area contributed by atoms with Crippen LogP contribution in [0.15, 0.2) is 49.6 Å². The second kappa shape index (κ2) is 13.3. The molecule has 1 saturated heterocycles. The molecule has 0 saturated carbocycles. The summed E-state index contributed by atoms with van der Waals surface area (Å²) in [6, 6.07) is 6.69. The van der Waals surface area contributed by atoms with Gasteiger partial charge in [0.2, 0.25) is 0 Å². The molecule has 5 heterocycles. The third-order valence-corrected chi connectivity index (χ3v) is 7.70. The number of hydrogen-bond acceptors (Lipinski definition) is 14. The first-order valence-electron chi connectivity index (χ1n) is 14.5. The summed E-state index contributed by atoms with van der Waals surface area (Å²) in [4.78, 5) is 42.4. The maximum absolute atomic E-state index is 11.2. The molecule has 0 aliphatic carbocycles. The van der Waals surface area contributed by atoms with E-state index in [4.69, 9.17) is 10.5 Å². The number of fused-ring (bicyclic) bond motifs is 2. The molecule has 0 radical (unpaired) electrons. The Morgan fingerprint density at radius 2 is 1.80 bits per heavy atom. The molecule has 45 heavy (non-hydrogen) atoms. The molecule has 8 N–H and O–H groups in total. The molecule has 0 unspecified atom stereocenters. The Bertz CT molecular complexity index is 1750. The number of carboxylic acid groups (broad SMARTS) is 1. The van der Waals surface area contributed by atoms with Crippen LogP contribution in [-0.2, 0) is 16.0 Å². The van der Waals surface area contributed by atoms with Crippen molar-refractivity contribution in [1.29, 1.82) is 0 Å². The Hall–Kier alpha value is -4.97. The fraction of sp³-hybridized carbons (Fsp3) is 0.393. The number of nitrogens with zero attached hydrogens (tertiary/aromatic N) is 8. The minimum absolute atomic E-state index is 0.231. The van der Waals surface area contributed by atoms with Gasteiger partial charge in [-0.1, -0.05) is 12.1 Å². The van der Waals surface area contributed by atoms with Gasteiger partial charge in [0, 0.05) is 38.3 Å². The zero-order chi connectivity index (χ0) is 31.3. The van der Waals surface area contributed by atoms with Crippen molar-refractivity contribution in [1.82, 2.24) is 39.5 Å². The Morgan fingerprint density at radius 3 is 2.53 bits per heavy atom. The molecule has 17 nitrogen and oxygen atoms in total. The van der Waals surface area contributed by atoms with Gasteiger partial charge in [-0.25, -0.2) is 29.9 Å². The molecule has 6 rings (SSSR count). The number of H-pyrrole nitrogens is 1. The van der Waals surface area contributed by atoms with Crippen molar-refractivity contribution in [3.05, 3.63) is 55.1 Å². The van der Waals surface area contributed by atoms with Crippen molar-refractivity contribution < 1.29 is 24.9 Å². The Balaban J connectivity index is 1.14. The lowest BCUT2D eigenvalue weighted by Crippen LogP contribution is -2.34. The van der Waals surface area contributed by atoms with Crippen LogP contribution in [0.4, 0.5) is 17.3 Å². The second-order valence-electron chi connectivity index (χ2n) is 10.6. The number of hydrogen-bond donors (Lipinski definition) is 7. The molecule has 4 atom stereocenters. The highest BCUT2D eigenvalue weighted by molar-refractivity contribution is 5.83. The monoisotopic (exact) mass is 618 g/mol. The molecule has 0 amide bonds. The van der Waals surface area contributed by atoms with Crippen molar-refractivity contribution in [2.75, 3.05) is 48.3 Å². The van der Waals surface area contributed by atoms with E-state index in [2.05, 4.69) is 50.4 Å². The maximum atomic E-state index is 11.2. The highest BCUT2D eigenvalue weighted by Gasteiger charge is 2.35. The van der Waals surface area contributed by atoms with Crippen LogP contribution in [-0.4, -0.2) is 112 Å². The van der Waals surface area contributed by atoms with E-state index in [1.165, 1.54) is 12.7 Å². The SMILES string of the molecule is N[C@@H](Cc1ccc(N(CCNc2ncnc3c2ncn3[C@H]2C[C@H](O)[C@@H](CO)O2)CCNc2ncnc3nc[nH]c23)cc1)C(=O)O. The number of carboxylic acids is 1. The normalized spacial score (nSPS) is 18.8. The van der Waals surface area contributed by atoms with Crippen molar-refractivity contribution in [3.63, 3.8) is 0 Å². The summed E-state index contributed by atoms with van der Waals surface area (Å²) in [6.45, 7) is 1.98. The number of aromatic nitrogens is 8. The summed E-state index contributed by atoms with van der Waals surface area (Å²) in [5, 5.41) is 35.5. The van der Waals surface area contributed by atoms with E-state index in [9.17, 15) is 20.1 Å². The zero-order valence-corrected chi connectivity index (χ0v) is 24.2. The molecule has 1 fully saturated rings. The van der Waals surface area contributed by atoms with Crippen LogP contribution in [0.25, 0.3) is 22.3 Å². The van der Waals surface area contributed by atoms with Gasteiger partial charge < -0.3 is 46.3 Å². The fourth-order valence-electron chi connectivity index (χ4n) is 5.31. The number of carbonyl (C=O) groups is 1. The van der Waals surface area contributed by atoms with Crippen molar-refractivity contribution in [2.24, 2.45) is 5.73 Å². The second-order valence-corrected chi connectivity index (χ2v) is 10.6.